The highest BCUT2D eigenvalue weighted by atomic mass is 16.5. The van der Waals surface area contributed by atoms with Gasteiger partial charge in [-0.2, -0.15) is 0 Å². The number of aliphatic hydroxyl groups excluding tert-OH is 1. The van der Waals surface area contributed by atoms with E-state index in [4.69, 9.17) is 4.74 Å². The number of ether oxygens (including phenoxy) is 1. The van der Waals surface area contributed by atoms with Gasteiger partial charge in [0, 0.05) is 12.1 Å². The van der Waals surface area contributed by atoms with E-state index < -0.39 is 0 Å². The molecule has 0 fully saturated rings. The van der Waals surface area contributed by atoms with Gasteiger partial charge in [-0.05, 0) is 35.7 Å². The lowest BCUT2D eigenvalue weighted by atomic mass is 9.93. The van der Waals surface area contributed by atoms with Crippen LogP contribution in [0.25, 0.3) is 5.57 Å². The monoisotopic (exact) mass is 385 g/mol. The van der Waals surface area contributed by atoms with Crippen molar-refractivity contribution in [2.75, 3.05) is 7.11 Å². The van der Waals surface area contributed by atoms with E-state index in [1.54, 1.807) is 12.0 Å². The second-order valence-corrected chi connectivity index (χ2v) is 7.22. The molecule has 3 aromatic rings. The van der Waals surface area contributed by atoms with Gasteiger partial charge < -0.3 is 14.7 Å². The third-order valence-electron chi connectivity index (χ3n) is 5.29. The van der Waals surface area contributed by atoms with Gasteiger partial charge >= 0.3 is 0 Å². The minimum atomic E-state index is -0.363. The van der Waals surface area contributed by atoms with Gasteiger partial charge in [-0.3, -0.25) is 4.79 Å². The Balaban J connectivity index is 1.78. The third-order valence-corrected chi connectivity index (χ3v) is 5.29. The molecule has 146 valence electrons. The summed E-state index contributed by atoms with van der Waals surface area (Å²) in [7, 11) is 1.61. The second kappa shape index (κ2) is 7.84. The molecule has 1 aliphatic rings. The third kappa shape index (κ3) is 3.61. The summed E-state index contributed by atoms with van der Waals surface area (Å²) in [6.45, 7) is 2.45. The zero-order valence-corrected chi connectivity index (χ0v) is 16.5. The van der Waals surface area contributed by atoms with Crippen LogP contribution in [0.5, 0.6) is 5.75 Å². The number of carbonyl (C=O) groups is 1. The Morgan fingerprint density at radius 2 is 1.59 bits per heavy atom. The molecule has 0 saturated carbocycles. The molecule has 0 radical (unpaired) electrons. The molecule has 4 rings (SSSR count). The van der Waals surface area contributed by atoms with Gasteiger partial charge in [0.15, 0.2) is 5.76 Å². The van der Waals surface area contributed by atoms with Crippen molar-refractivity contribution in [3.05, 3.63) is 107 Å². The van der Waals surface area contributed by atoms with Crippen LogP contribution in [0.4, 0.5) is 0 Å². The van der Waals surface area contributed by atoms with E-state index >= 15 is 0 Å². The van der Waals surface area contributed by atoms with Crippen molar-refractivity contribution in [2.45, 2.75) is 19.5 Å². The van der Waals surface area contributed by atoms with Crippen LogP contribution in [0.15, 0.2) is 84.6 Å². The maximum absolute atomic E-state index is 13.1. The van der Waals surface area contributed by atoms with E-state index in [0.29, 0.717) is 12.1 Å². The van der Waals surface area contributed by atoms with E-state index in [-0.39, 0.29) is 17.7 Å². The summed E-state index contributed by atoms with van der Waals surface area (Å²) in [6.07, 6.45) is 0. The molecule has 1 aliphatic heterocycles. The van der Waals surface area contributed by atoms with Crippen LogP contribution in [0.1, 0.15) is 28.3 Å². The lowest BCUT2D eigenvalue weighted by molar-refractivity contribution is -0.130. The van der Waals surface area contributed by atoms with Crippen LogP contribution in [-0.4, -0.2) is 23.0 Å². The van der Waals surface area contributed by atoms with Crippen molar-refractivity contribution >= 4 is 11.5 Å². The molecule has 3 aromatic carbocycles. The van der Waals surface area contributed by atoms with Crippen LogP contribution < -0.4 is 4.74 Å². The summed E-state index contributed by atoms with van der Waals surface area (Å²) < 4.78 is 5.25. The van der Waals surface area contributed by atoms with Gasteiger partial charge in [-0.15, -0.1) is 0 Å². The largest absolute Gasteiger partial charge is 0.503 e. The van der Waals surface area contributed by atoms with Crippen LogP contribution in [0.2, 0.25) is 0 Å². The van der Waals surface area contributed by atoms with E-state index in [9.17, 15) is 9.90 Å². The van der Waals surface area contributed by atoms with Crippen molar-refractivity contribution in [1.82, 2.24) is 4.90 Å². The van der Waals surface area contributed by atoms with Crippen molar-refractivity contribution in [2.24, 2.45) is 0 Å². The fourth-order valence-corrected chi connectivity index (χ4v) is 3.75. The van der Waals surface area contributed by atoms with Crippen LogP contribution >= 0.6 is 0 Å². The first kappa shape index (κ1) is 18.8. The Morgan fingerprint density at radius 1 is 0.931 bits per heavy atom. The number of hydrogen-bond acceptors (Lipinski definition) is 3. The summed E-state index contributed by atoms with van der Waals surface area (Å²) in [5.74, 6) is 0.173. The standard InChI is InChI=1S/C25H23NO3/c1-17-8-10-18(11-9-17)16-26-23(20-6-4-3-5-7-20)22(24(27)25(26)28)19-12-14-21(29-2)15-13-19/h3-15,23,27H,16H2,1-2H3. The molecule has 0 bridgehead atoms. The summed E-state index contributed by atoms with van der Waals surface area (Å²) >= 11 is 0. The van der Waals surface area contributed by atoms with Crippen molar-refractivity contribution in [3.8, 4) is 5.75 Å². The average molecular weight is 385 g/mol. The maximum atomic E-state index is 13.1. The molecule has 29 heavy (non-hydrogen) atoms. The van der Waals surface area contributed by atoms with E-state index in [2.05, 4.69) is 0 Å². The normalized spacial score (nSPS) is 16.4. The molecule has 4 heteroatoms. The highest BCUT2D eigenvalue weighted by molar-refractivity contribution is 6.05. The van der Waals surface area contributed by atoms with Crippen LogP contribution in [-0.2, 0) is 11.3 Å². The van der Waals surface area contributed by atoms with Gasteiger partial charge in [-0.1, -0.05) is 72.3 Å². The van der Waals surface area contributed by atoms with Gasteiger partial charge in [0.05, 0.1) is 13.2 Å². The number of benzene rings is 3. The van der Waals surface area contributed by atoms with Gasteiger partial charge in [-0.25, -0.2) is 0 Å². The number of nitrogens with zero attached hydrogens (tertiary/aromatic N) is 1. The predicted octanol–water partition coefficient (Wildman–Crippen LogP) is 5.06. The first-order valence-corrected chi connectivity index (χ1v) is 9.57. The lowest BCUT2D eigenvalue weighted by Crippen LogP contribution is -2.29. The SMILES string of the molecule is COc1ccc(C2=C(O)C(=O)N(Cc3ccc(C)cc3)C2c2ccccc2)cc1. The fourth-order valence-electron chi connectivity index (χ4n) is 3.75. The number of hydrogen-bond donors (Lipinski definition) is 1. The Labute approximate surface area is 170 Å². The number of methoxy groups -OCH3 is 1. The molecule has 0 aliphatic carbocycles. The molecule has 0 saturated heterocycles. The van der Waals surface area contributed by atoms with Crippen molar-refractivity contribution in [3.63, 3.8) is 0 Å². The van der Waals surface area contributed by atoms with Crippen LogP contribution in [0.3, 0.4) is 0 Å². The van der Waals surface area contributed by atoms with Crippen molar-refractivity contribution < 1.29 is 14.6 Å². The maximum Gasteiger partial charge on any atom is 0.290 e. The first-order chi connectivity index (χ1) is 14.1. The Morgan fingerprint density at radius 3 is 2.21 bits per heavy atom. The predicted molar refractivity (Wildman–Crippen MR) is 113 cm³/mol. The topological polar surface area (TPSA) is 49.8 Å². The lowest BCUT2D eigenvalue weighted by Gasteiger charge is -2.27. The minimum absolute atomic E-state index is 0.198. The molecule has 1 heterocycles. The smallest absolute Gasteiger partial charge is 0.290 e. The first-order valence-electron chi connectivity index (χ1n) is 9.57. The molecule has 1 unspecified atom stereocenters. The molecule has 1 atom stereocenters. The van der Waals surface area contributed by atoms with Crippen LogP contribution in [0, 0.1) is 6.92 Å². The van der Waals surface area contributed by atoms with E-state index in [1.807, 2.05) is 85.8 Å². The van der Waals surface area contributed by atoms with E-state index in [0.717, 1.165) is 22.4 Å². The zero-order chi connectivity index (χ0) is 20.4. The van der Waals surface area contributed by atoms with E-state index in [1.165, 1.54) is 5.56 Å². The molecule has 4 nitrogen and oxygen atoms in total. The Hall–Kier alpha value is -3.53. The molecular formula is C25H23NO3. The molecule has 1 N–H and O–H groups in total. The van der Waals surface area contributed by atoms with Gasteiger partial charge in [0.25, 0.3) is 5.91 Å². The number of amides is 1. The molecular weight excluding hydrogens is 362 g/mol. The molecule has 0 aromatic heterocycles. The highest BCUT2D eigenvalue weighted by Crippen LogP contribution is 2.43. The highest BCUT2D eigenvalue weighted by Gasteiger charge is 2.40. The Bertz CT molecular complexity index is 1040. The summed E-state index contributed by atoms with van der Waals surface area (Å²) in [5, 5.41) is 10.8. The number of rotatable bonds is 5. The quantitative estimate of drug-likeness (QED) is 0.668. The number of aliphatic hydroxyl groups is 1. The average Bonchev–Trinajstić information content (AvgIpc) is 3.01. The minimum Gasteiger partial charge on any atom is -0.503 e. The van der Waals surface area contributed by atoms with Crippen molar-refractivity contribution in [1.29, 1.82) is 0 Å². The summed E-state index contributed by atoms with van der Waals surface area (Å²) in [6, 6.07) is 25.0. The Kier molecular flexibility index (Phi) is 5.09. The fraction of sp³-hybridized carbons (Fsp3) is 0.160. The van der Waals surface area contributed by atoms with Gasteiger partial charge in [0.2, 0.25) is 0 Å². The number of aryl methyl sites for hydroxylation is 1. The number of carbonyl (C=O) groups excluding carboxylic acids is 1. The summed E-state index contributed by atoms with van der Waals surface area (Å²) in [4.78, 5) is 14.8. The second-order valence-electron chi connectivity index (χ2n) is 7.22. The van der Waals surface area contributed by atoms with Gasteiger partial charge in [0.1, 0.15) is 5.75 Å². The zero-order valence-electron chi connectivity index (χ0n) is 16.5. The summed E-state index contributed by atoms with van der Waals surface area (Å²) in [5.41, 5.74) is 4.57. The molecule has 1 amide bonds. The molecule has 0 spiro atoms.